The van der Waals surface area contributed by atoms with Crippen molar-refractivity contribution in [2.45, 2.75) is 32.9 Å². The lowest BCUT2D eigenvalue weighted by molar-refractivity contribution is -0.123. The van der Waals surface area contributed by atoms with Crippen LogP contribution >= 0.6 is 24.0 Å². The fourth-order valence-corrected chi connectivity index (χ4v) is 8.58. The predicted molar refractivity (Wildman–Crippen MR) is 159 cm³/mol. The van der Waals surface area contributed by atoms with Gasteiger partial charge >= 0.3 is 0 Å². The first-order valence-electron chi connectivity index (χ1n) is 12.8. The molecule has 0 spiro atoms. The lowest BCUT2D eigenvalue weighted by Crippen LogP contribution is -2.48. The molecule has 204 valence electrons. The molecule has 1 aromatic heterocycles. The average molecular weight is 584 g/mol. The number of anilines is 2. The molecule has 1 unspecified atom stereocenters. The predicted octanol–water partition coefficient (Wildman–Crippen LogP) is 2.76. The Kier molecular flexibility index (Phi) is 7.59. The molecule has 3 saturated heterocycles. The van der Waals surface area contributed by atoms with E-state index in [1.165, 1.54) is 4.90 Å². The number of para-hydroxylation sites is 1. The maximum atomic E-state index is 13.5. The second kappa shape index (κ2) is 10.8. The van der Waals surface area contributed by atoms with E-state index in [2.05, 4.69) is 28.0 Å². The van der Waals surface area contributed by atoms with Gasteiger partial charge in [0.25, 0.3) is 11.5 Å². The lowest BCUT2D eigenvalue weighted by atomic mass is 10.0. The van der Waals surface area contributed by atoms with Crippen molar-refractivity contribution in [1.82, 2.24) is 9.47 Å². The standard InChI is InChI=1S/C27H29N5O4S3/c1-3-31-24(30-12-10-29(11-13-30)19-7-5-4-6-8-19)21(18(2)22(16-28)25(31)33)15-23-26(34)32(27(37)38-23)20-9-14-39(35,36)17-20/h4-8,15,20H,3,9-14,17H2,1-2H3/b23-15-. The first-order valence-corrected chi connectivity index (χ1v) is 15.9. The Morgan fingerprint density at radius 3 is 2.38 bits per heavy atom. The number of thioether (sulfide) groups is 1. The smallest absolute Gasteiger partial charge is 0.270 e. The van der Waals surface area contributed by atoms with Gasteiger partial charge in [0.05, 0.1) is 22.5 Å². The minimum atomic E-state index is -3.20. The molecule has 39 heavy (non-hydrogen) atoms. The quantitative estimate of drug-likeness (QED) is 0.388. The van der Waals surface area contributed by atoms with E-state index in [9.17, 15) is 23.3 Å². The van der Waals surface area contributed by atoms with Crippen molar-refractivity contribution in [3.8, 4) is 6.07 Å². The second-order valence-corrected chi connectivity index (χ2v) is 13.7. The Bertz CT molecular complexity index is 1570. The highest BCUT2D eigenvalue weighted by atomic mass is 32.2. The summed E-state index contributed by atoms with van der Waals surface area (Å²) in [4.78, 5) is 33.0. The SMILES string of the molecule is CCn1c(N2CCN(c3ccccc3)CC2)c(/C=C2\SC(=S)N(C3CCS(=O)(=O)C3)C2=O)c(C)c(C#N)c1=O. The van der Waals surface area contributed by atoms with Crippen LogP contribution in [0.4, 0.5) is 11.5 Å². The van der Waals surface area contributed by atoms with E-state index < -0.39 is 15.9 Å². The number of nitrogens with zero attached hydrogens (tertiary/aromatic N) is 5. The summed E-state index contributed by atoms with van der Waals surface area (Å²) in [6, 6.07) is 11.7. The van der Waals surface area contributed by atoms with Gasteiger partial charge in [0.2, 0.25) is 0 Å². The van der Waals surface area contributed by atoms with Gasteiger partial charge in [-0.2, -0.15) is 5.26 Å². The highest BCUT2D eigenvalue weighted by molar-refractivity contribution is 8.26. The number of rotatable bonds is 5. The Morgan fingerprint density at radius 2 is 1.79 bits per heavy atom. The molecule has 3 aliphatic rings. The molecular formula is C27H29N5O4S3. The molecule has 3 aliphatic heterocycles. The summed E-state index contributed by atoms with van der Waals surface area (Å²) in [6.45, 7) is 6.77. The van der Waals surface area contributed by atoms with Crippen LogP contribution in [0.1, 0.15) is 30.0 Å². The molecule has 12 heteroatoms. The first-order chi connectivity index (χ1) is 18.6. The summed E-state index contributed by atoms with van der Waals surface area (Å²) in [5.41, 5.74) is 1.99. The Hall–Kier alpha value is -3.14. The summed E-state index contributed by atoms with van der Waals surface area (Å²) in [5, 5.41) is 9.83. The number of sulfone groups is 1. The first kappa shape index (κ1) is 27.4. The Balaban J connectivity index is 1.54. The number of carbonyl (C=O) groups excluding carboxylic acids is 1. The molecule has 0 saturated carbocycles. The minimum absolute atomic E-state index is 0.0407. The molecular weight excluding hydrogens is 555 g/mol. The van der Waals surface area contributed by atoms with Crippen molar-refractivity contribution in [3.63, 3.8) is 0 Å². The van der Waals surface area contributed by atoms with Crippen molar-refractivity contribution in [3.05, 3.63) is 62.3 Å². The molecule has 5 rings (SSSR count). The van der Waals surface area contributed by atoms with Gasteiger partial charge in [-0.25, -0.2) is 8.42 Å². The molecule has 9 nitrogen and oxygen atoms in total. The van der Waals surface area contributed by atoms with Crippen LogP contribution in [0.15, 0.2) is 40.0 Å². The third-order valence-electron chi connectivity index (χ3n) is 7.54. The van der Waals surface area contributed by atoms with Crippen LogP contribution in [0.3, 0.4) is 0 Å². The molecule has 0 aliphatic carbocycles. The summed E-state index contributed by atoms with van der Waals surface area (Å²) in [5.74, 6) is 0.292. The third kappa shape index (κ3) is 5.11. The maximum absolute atomic E-state index is 13.5. The molecule has 0 radical (unpaired) electrons. The van der Waals surface area contributed by atoms with E-state index in [1.807, 2.05) is 25.1 Å². The molecule has 3 fully saturated rings. The van der Waals surface area contributed by atoms with Gasteiger partial charge in [0.1, 0.15) is 21.8 Å². The monoisotopic (exact) mass is 583 g/mol. The number of amides is 1. The molecule has 1 aromatic carbocycles. The molecule has 2 aromatic rings. The van der Waals surface area contributed by atoms with Crippen LogP contribution in [0.2, 0.25) is 0 Å². The van der Waals surface area contributed by atoms with Gasteiger partial charge in [-0.05, 0) is 44.0 Å². The fraction of sp³-hybridized carbons (Fsp3) is 0.407. The van der Waals surface area contributed by atoms with Crippen molar-refractivity contribution in [2.24, 2.45) is 0 Å². The number of thiocarbonyl (C=S) groups is 1. The zero-order valence-electron chi connectivity index (χ0n) is 21.8. The van der Waals surface area contributed by atoms with E-state index in [0.29, 0.717) is 52.2 Å². The highest BCUT2D eigenvalue weighted by Gasteiger charge is 2.42. The van der Waals surface area contributed by atoms with Crippen molar-refractivity contribution in [2.75, 3.05) is 47.5 Å². The highest BCUT2D eigenvalue weighted by Crippen LogP contribution is 2.38. The lowest BCUT2D eigenvalue weighted by Gasteiger charge is -2.39. The zero-order chi connectivity index (χ0) is 27.9. The molecule has 1 amide bonds. The van der Waals surface area contributed by atoms with Crippen LogP contribution in [-0.2, 0) is 21.2 Å². The third-order valence-corrected chi connectivity index (χ3v) is 10.6. The van der Waals surface area contributed by atoms with Crippen LogP contribution in [0.25, 0.3) is 6.08 Å². The number of hydrogen-bond donors (Lipinski definition) is 0. The number of piperazine rings is 1. The fourth-order valence-electron chi connectivity index (χ4n) is 5.50. The van der Waals surface area contributed by atoms with E-state index in [1.54, 1.807) is 17.6 Å². The van der Waals surface area contributed by atoms with Crippen molar-refractivity contribution < 1.29 is 13.2 Å². The Morgan fingerprint density at radius 1 is 1.13 bits per heavy atom. The summed E-state index contributed by atoms with van der Waals surface area (Å²) in [6.07, 6.45) is 2.08. The maximum Gasteiger partial charge on any atom is 0.270 e. The Labute approximate surface area is 237 Å². The van der Waals surface area contributed by atoms with Gasteiger partial charge in [-0.15, -0.1) is 0 Å². The van der Waals surface area contributed by atoms with E-state index in [0.717, 1.165) is 30.5 Å². The van der Waals surface area contributed by atoms with Crippen molar-refractivity contribution in [1.29, 1.82) is 5.26 Å². The van der Waals surface area contributed by atoms with Gasteiger partial charge in [-0.1, -0.05) is 42.2 Å². The van der Waals surface area contributed by atoms with Crippen LogP contribution in [0, 0.1) is 18.3 Å². The number of nitriles is 1. The molecule has 4 heterocycles. The molecule has 1 atom stereocenters. The molecule has 0 bridgehead atoms. The van der Waals surface area contributed by atoms with Crippen LogP contribution in [0.5, 0.6) is 0 Å². The van der Waals surface area contributed by atoms with Gasteiger partial charge in [-0.3, -0.25) is 19.1 Å². The van der Waals surface area contributed by atoms with E-state index >= 15 is 0 Å². The summed E-state index contributed by atoms with van der Waals surface area (Å²) >= 11 is 6.63. The topological polar surface area (TPSA) is 107 Å². The number of pyridine rings is 1. The number of aromatic nitrogens is 1. The number of hydrogen-bond acceptors (Lipinski definition) is 9. The summed E-state index contributed by atoms with van der Waals surface area (Å²) in [7, 11) is -3.20. The van der Waals surface area contributed by atoms with E-state index in [-0.39, 0.29) is 28.5 Å². The zero-order valence-corrected chi connectivity index (χ0v) is 24.2. The largest absolute Gasteiger partial charge is 0.368 e. The van der Waals surface area contributed by atoms with Crippen molar-refractivity contribution >= 4 is 61.6 Å². The number of benzene rings is 1. The van der Waals surface area contributed by atoms with Crippen LogP contribution < -0.4 is 15.4 Å². The van der Waals surface area contributed by atoms with Gasteiger partial charge in [0.15, 0.2) is 9.84 Å². The minimum Gasteiger partial charge on any atom is -0.368 e. The average Bonchev–Trinajstić information content (AvgIpc) is 3.42. The molecule has 0 N–H and O–H groups in total. The van der Waals surface area contributed by atoms with Gasteiger partial charge < -0.3 is 9.80 Å². The number of carbonyl (C=O) groups is 1. The van der Waals surface area contributed by atoms with E-state index in [4.69, 9.17) is 12.2 Å². The second-order valence-electron chi connectivity index (χ2n) is 9.82. The van der Waals surface area contributed by atoms with Crippen LogP contribution in [-0.4, -0.2) is 71.8 Å². The normalized spacial score (nSPS) is 22.1. The summed E-state index contributed by atoms with van der Waals surface area (Å²) < 4.78 is 26.1. The van der Waals surface area contributed by atoms with Gasteiger partial charge in [0, 0.05) is 44.0 Å².